The van der Waals surface area contributed by atoms with Crippen LogP contribution in [0.3, 0.4) is 0 Å². The molecule has 3 N–H and O–H groups in total. The second-order valence-corrected chi connectivity index (χ2v) is 5.88. The quantitative estimate of drug-likeness (QED) is 0.670. The second kappa shape index (κ2) is 10.1. The molecule has 0 spiro atoms. The number of hydrogen-bond donors (Lipinski definition) is 3. The molecule has 0 bridgehead atoms. The molecule has 1 aromatic carbocycles. The van der Waals surface area contributed by atoms with E-state index in [2.05, 4.69) is 16.0 Å². The molecule has 1 heterocycles. The topological polar surface area (TPSA) is 53.2 Å². The van der Waals surface area contributed by atoms with Gasteiger partial charge in [0.05, 0.1) is 16.9 Å². The summed E-state index contributed by atoms with van der Waals surface area (Å²) in [6, 6.07) is 3.37. The van der Waals surface area contributed by atoms with Crippen molar-refractivity contribution in [2.45, 2.75) is 26.4 Å². The zero-order valence-corrected chi connectivity index (χ0v) is 15.7. The van der Waals surface area contributed by atoms with E-state index in [0.29, 0.717) is 12.2 Å². The number of hydrogen-bond acceptors (Lipinski definition) is 3. The molecule has 1 unspecified atom stereocenters. The monoisotopic (exact) mass is 401 g/mol. The van der Waals surface area contributed by atoms with Crippen molar-refractivity contribution in [1.82, 2.24) is 5.32 Å². The molecule has 1 aliphatic rings. The molecule has 4 nitrogen and oxygen atoms in total. The van der Waals surface area contributed by atoms with Crippen LogP contribution in [0.2, 0.25) is 0 Å². The Balaban J connectivity index is 0.00000288. The van der Waals surface area contributed by atoms with Crippen molar-refractivity contribution in [2.24, 2.45) is 11.8 Å². The van der Waals surface area contributed by atoms with Crippen molar-refractivity contribution < 1.29 is 18.0 Å². The zero-order chi connectivity index (χ0) is 17.0. The van der Waals surface area contributed by atoms with Gasteiger partial charge in [0, 0.05) is 12.5 Å². The van der Waals surface area contributed by atoms with Crippen molar-refractivity contribution >= 4 is 42.1 Å². The molecule has 1 saturated heterocycles. The van der Waals surface area contributed by atoms with Crippen LogP contribution in [0.4, 0.5) is 24.5 Å². The first-order chi connectivity index (χ1) is 10.8. The lowest BCUT2D eigenvalue weighted by Gasteiger charge is -2.32. The Morgan fingerprint density at radius 3 is 2.40 bits per heavy atom. The molecule has 144 valence electrons. The normalized spacial score (nSPS) is 15.2. The third-order valence-electron chi connectivity index (χ3n) is 4.10. The van der Waals surface area contributed by atoms with Gasteiger partial charge in [0.15, 0.2) is 0 Å². The predicted molar refractivity (Wildman–Crippen MR) is 98.9 cm³/mol. The van der Waals surface area contributed by atoms with E-state index in [4.69, 9.17) is 0 Å². The van der Waals surface area contributed by atoms with E-state index in [1.54, 1.807) is 6.92 Å². The maximum atomic E-state index is 12.9. The van der Waals surface area contributed by atoms with E-state index in [0.717, 1.165) is 31.6 Å². The van der Waals surface area contributed by atoms with Crippen LogP contribution in [0.15, 0.2) is 18.2 Å². The Morgan fingerprint density at radius 1 is 1.28 bits per heavy atom. The number of halogens is 5. The van der Waals surface area contributed by atoms with Crippen LogP contribution < -0.4 is 16.0 Å². The van der Waals surface area contributed by atoms with Crippen LogP contribution in [0, 0.1) is 11.8 Å². The van der Waals surface area contributed by atoms with Gasteiger partial charge in [-0.2, -0.15) is 13.2 Å². The number of carbonyl (C=O) groups excluding carboxylic acids is 1. The van der Waals surface area contributed by atoms with E-state index < -0.39 is 11.7 Å². The molecular weight excluding hydrogens is 378 g/mol. The Morgan fingerprint density at radius 2 is 1.92 bits per heavy atom. The van der Waals surface area contributed by atoms with Crippen LogP contribution in [-0.2, 0) is 11.0 Å². The number of carbonyl (C=O) groups is 1. The molecule has 1 fully saturated rings. The first-order valence-corrected chi connectivity index (χ1v) is 7.79. The standard InChI is InChI=1S/C16H22F3N3O.2ClH/c1-3-6-21-13-5-4-12(16(17,18)19)7-14(13)22-15(23)10(2)11-8-20-9-11;;/h4-5,7,10-11,20-21H,3,6,8-9H2,1-2H3,(H,22,23);2*1H. The summed E-state index contributed by atoms with van der Waals surface area (Å²) >= 11 is 0. The highest BCUT2D eigenvalue weighted by atomic mass is 35.5. The Hall–Kier alpha value is -1.18. The number of amides is 1. The van der Waals surface area contributed by atoms with E-state index in [9.17, 15) is 18.0 Å². The molecular formula is C16H24Cl2F3N3O. The molecule has 1 aromatic rings. The lowest BCUT2D eigenvalue weighted by Crippen LogP contribution is -2.48. The summed E-state index contributed by atoms with van der Waals surface area (Å²) in [6.45, 7) is 5.90. The first kappa shape index (κ1) is 23.8. The van der Waals surface area contributed by atoms with Crippen LogP contribution >= 0.6 is 24.8 Å². The average Bonchev–Trinajstić information content (AvgIpc) is 2.42. The van der Waals surface area contributed by atoms with Gasteiger partial charge in [0.2, 0.25) is 5.91 Å². The highest BCUT2D eigenvalue weighted by Gasteiger charge is 2.32. The summed E-state index contributed by atoms with van der Waals surface area (Å²) in [7, 11) is 0. The minimum absolute atomic E-state index is 0. The molecule has 0 saturated carbocycles. The molecule has 0 aromatic heterocycles. The lowest BCUT2D eigenvalue weighted by atomic mass is 9.88. The van der Waals surface area contributed by atoms with E-state index in [1.807, 2.05) is 6.92 Å². The van der Waals surface area contributed by atoms with Gasteiger partial charge in [-0.1, -0.05) is 13.8 Å². The number of alkyl halides is 3. The first-order valence-electron chi connectivity index (χ1n) is 7.79. The number of rotatable bonds is 6. The molecule has 0 radical (unpaired) electrons. The molecule has 1 atom stereocenters. The van der Waals surface area contributed by atoms with Crippen LogP contribution in [0.25, 0.3) is 0 Å². The van der Waals surface area contributed by atoms with Crippen molar-refractivity contribution in [2.75, 3.05) is 30.3 Å². The molecule has 9 heteroatoms. The van der Waals surface area contributed by atoms with Crippen molar-refractivity contribution in [3.05, 3.63) is 23.8 Å². The fourth-order valence-corrected chi connectivity index (χ4v) is 2.36. The zero-order valence-electron chi connectivity index (χ0n) is 14.1. The van der Waals surface area contributed by atoms with E-state index in [-0.39, 0.29) is 48.2 Å². The summed E-state index contributed by atoms with van der Waals surface area (Å²) in [5.41, 5.74) is -0.0858. The summed E-state index contributed by atoms with van der Waals surface area (Å²) in [4.78, 5) is 12.3. The molecule has 25 heavy (non-hydrogen) atoms. The maximum Gasteiger partial charge on any atom is 0.416 e. The summed E-state index contributed by atoms with van der Waals surface area (Å²) < 4.78 is 38.7. The smallest absolute Gasteiger partial charge is 0.383 e. The molecule has 0 aliphatic carbocycles. The van der Waals surface area contributed by atoms with Gasteiger partial charge in [-0.15, -0.1) is 24.8 Å². The van der Waals surface area contributed by atoms with Gasteiger partial charge in [-0.3, -0.25) is 4.79 Å². The molecule has 2 rings (SSSR count). The number of nitrogens with one attached hydrogen (secondary N) is 3. The van der Waals surface area contributed by atoms with Crippen LogP contribution in [0.5, 0.6) is 0 Å². The van der Waals surface area contributed by atoms with Crippen molar-refractivity contribution in [1.29, 1.82) is 0 Å². The third kappa shape index (κ3) is 6.24. The van der Waals surface area contributed by atoms with Crippen LogP contribution in [-0.4, -0.2) is 25.5 Å². The van der Waals surface area contributed by atoms with Crippen LogP contribution in [0.1, 0.15) is 25.8 Å². The fourth-order valence-electron chi connectivity index (χ4n) is 2.36. The van der Waals surface area contributed by atoms with Gasteiger partial charge in [0.1, 0.15) is 0 Å². The van der Waals surface area contributed by atoms with Crippen molar-refractivity contribution in [3.8, 4) is 0 Å². The molecule has 1 amide bonds. The SMILES string of the molecule is CCCNc1ccc(C(F)(F)F)cc1NC(=O)C(C)C1CNC1.Cl.Cl. The second-order valence-electron chi connectivity index (χ2n) is 5.88. The minimum Gasteiger partial charge on any atom is -0.383 e. The van der Waals surface area contributed by atoms with Gasteiger partial charge in [0.25, 0.3) is 0 Å². The fraction of sp³-hybridized carbons (Fsp3) is 0.562. The van der Waals surface area contributed by atoms with Gasteiger partial charge >= 0.3 is 6.18 Å². The van der Waals surface area contributed by atoms with Gasteiger partial charge in [-0.05, 0) is 43.6 Å². The largest absolute Gasteiger partial charge is 0.416 e. The Kier molecular flexibility index (Phi) is 9.61. The average molecular weight is 402 g/mol. The highest BCUT2D eigenvalue weighted by molar-refractivity contribution is 5.96. The van der Waals surface area contributed by atoms with Crippen molar-refractivity contribution in [3.63, 3.8) is 0 Å². The predicted octanol–water partition coefficient (Wildman–Crippen LogP) is 4.16. The van der Waals surface area contributed by atoms with Gasteiger partial charge in [-0.25, -0.2) is 0 Å². The number of anilines is 2. The number of benzene rings is 1. The summed E-state index contributed by atoms with van der Waals surface area (Å²) in [5.74, 6) is -0.270. The van der Waals surface area contributed by atoms with E-state index >= 15 is 0 Å². The summed E-state index contributed by atoms with van der Waals surface area (Å²) in [5, 5.41) is 8.79. The third-order valence-corrected chi connectivity index (χ3v) is 4.10. The minimum atomic E-state index is -4.44. The Labute approximate surface area is 158 Å². The summed E-state index contributed by atoms with van der Waals surface area (Å²) in [6.07, 6.45) is -3.61. The Bertz CT molecular complexity index is 566. The maximum absolute atomic E-state index is 12.9. The van der Waals surface area contributed by atoms with E-state index in [1.165, 1.54) is 6.07 Å². The highest BCUT2D eigenvalue weighted by Crippen LogP contribution is 2.34. The molecule has 1 aliphatic heterocycles. The van der Waals surface area contributed by atoms with Gasteiger partial charge < -0.3 is 16.0 Å². The lowest BCUT2D eigenvalue weighted by molar-refractivity contribution is -0.137.